The van der Waals surface area contributed by atoms with Gasteiger partial charge in [0.05, 0.1) is 24.3 Å². The van der Waals surface area contributed by atoms with E-state index in [-0.39, 0.29) is 40.8 Å². The molecule has 2 heterocycles. The number of aromatic nitrogens is 2. The Morgan fingerprint density at radius 3 is 2.53 bits per heavy atom. The number of hydrogen-bond acceptors (Lipinski definition) is 6. The molecule has 1 atom stereocenters. The molecule has 1 aliphatic heterocycles. The highest BCUT2D eigenvalue weighted by atomic mass is 19.4. The first-order valence-corrected chi connectivity index (χ1v) is 14.1. The summed E-state index contributed by atoms with van der Waals surface area (Å²) in [5.74, 6) is -1.26. The van der Waals surface area contributed by atoms with Crippen LogP contribution in [0.15, 0.2) is 71.7 Å². The molecule has 0 aliphatic carbocycles. The summed E-state index contributed by atoms with van der Waals surface area (Å²) in [5.41, 5.74) is 0.457. The molecule has 3 aromatic carbocycles. The second kappa shape index (κ2) is 12.5. The van der Waals surface area contributed by atoms with Gasteiger partial charge in [-0.1, -0.05) is 12.1 Å². The van der Waals surface area contributed by atoms with Gasteiger partial charge in [-0.2, -0.15) is 13.2 Å². The summed E-state index contributed by atoms with van der Waals surface area (Å²) in [5, 5.41) is 7.82. The summed E-state index contributed by atoms with van der Waals surface area (Å²) in [4.78, 5) is 44.9. The number of carbonyl (C=O) groups is 2. The molecule has 0 saturated carbocycles. The van der Waals surface area contributed by atoms with Crippen molar-refractivity contribution in [2.45, 2.75) is 32.1 Å². The lowest BCUT2D eigenvalue weighted by Gasteiger charge is -2.23. The molecule has 13 heteroatoms. The molecule has 0 radical (unpaired) electrons. The van der Waals surface area contributed by atoms with E-state index >= 15 is 0 Å². The normalized spacial score (nSPS) is 13.4. The standard InChI is InChI=1S/C32H30F4N6O3/c1-18(37-2)29(43)40-26-16-39-28(21-5-4-6-22(13-21)30(44)38-3)42(31(26)45)17-19-11-23(32(34,35)36)15-25(12-19)41-10-9-20-14-24(33)7-8-27(20)41/h4-8,11-16,18,37H,9-10,17H2,1-3H3,(H,38,44)(H,40,43). The molecule has 2 amide bonds. The molecular formula is C32H30F4N6O3. The minimum atomic E-state index is -4.71. The first-order chi connectivity index (χ1) is 21.4. The molecule has 45 heavy (non-hydrogen) atoms. The van der Waals surface area contributed by atoms with Crippen LogP contribution >= 0.6 is 0 Å². The number of amides is 2. The number of alkyl halides is 3. The topological polar surface area (TPSA) is 108 Å². The maximum atomic E-state index is 14.2. The lowest BCUT2D eigenvalue weighted by molar-refractivity contribution is -0.137. The highest BCUT2D eigenvalue weighted by Crippen LogP contribution is 2.39. The molecule has 0 fully saturated rings. The van der Waals surface area contributed by atoms with Crippen LogP contribution < -0.4 is 26.4 Å². The third-order valence-corrected chi connectivity index (χ3v) is 7.64. The lowest BCUT2D eigenvalue weighted by atomic mass is 10.1. The third kappa shape index (κ3) is 6.58. The average molecular weight is 623 g/mol. The Morgan fingerprint density at radius 2 is 1.82 bits per heavy atom. The summed E-state index contributed by atoms with van der Waals surface area (Å²) >= 11 is 0. The van der Waals surface area contributed by atoms with E-state index in [1.165, 1.54) is 37.5 Å². The average Bonchev–Trinajstić information content (AvgIpc) is 3.44. The van der Waals surface area contributed by atoms with Crippen molar-refractivity contribution in [1.29, 1.82) is 0 Å². The van der Waals surface area contributed by atoms with E-state index in [0.29, 0.717) is 29.8 Å². The number of halogens is 4. The minimum absolute atomic E-state index is 0.0753. The van der Waals surface area contributed by atoms with Crippen molar-refractivity contribution in [3.63, 3.8) is 0 Å². The summed E-state index contributed by atoms with van der Waals surface area (Å²) < 4.78 is 57.5. The van der Waals surface area contributed by atoms with E-state index in [0.717, 1.165) is 16.7 Å². The Hall–Kier alpha value is -5.04. The van der Waals surface area contributed by atoms with Crippen molar-refractivity contribution in [3.05, 3.63) is 105 Å². The third-order valence-electron chi connectivity index (χ3n) is 7.64. The monoisotopic (exact) mass is 622 g/mol. The molecule has 1 aliphatic rings. The second-order valence-corrected chi connectivity index (χ2v) is 10.6. The van der Waals surface area contributed by atoms with Crippen molar-refractivity contribution in [3.8, 4) is 11.4 Å². The first kappa shape index (κ1) is 31.4. The predicted molar refractivity (Wildman–Crippen MR) is 162 cm³/mol. The summed E-state index contributed by atoms with van der Waals surface area (Å²) in [6.45, 7) is 1.58. The molecule has 234 valence electrons. The molecule has 5 rings (SSSR count). The number of fused-ring (bicyclic) bond motifs is 1. The van der Waals surface area contributed by atoms with Crippen LogP contribution in [0.3, 0.4) is 0 Å². The van der Waals surface area contributed by atoms with Crippen LogP contribution in [0, 0.1) is 5.82 Å². The Kier molecular flexibility index (Phi) is 8.73. The van der Waals surface area contributed by atoms with Crippen molar-refractivity contribution >= 4 is 28.9 Å². The summed E-state index contributed by atoms with van der Waals surface area (Å²) in [6.07, 6.45) is -3.08. The molecule has 3 N–H and O–H groups in total. The number of hydrogen-bond donors (Lipinski definition) is 3. The van der Waals surface area contributed by atoms with Gasteiger partial charge in [-0.05, 0) is 80.1 Å². The predicted octanol–water partition coefficient (Wildman–Crippen LogP) is 4.72. The number of rotatable bonds is 8. The van der Waals surface area contributed by atoms with Gasteiger partial charge in [-0.3, -0.25) is 19.0 Å². The van der Waals surface area contributed by atoms with Gasteiger partial charge in [0.25, 0.3) is 11.5 Å². The van der Waals surface area contributed by atoms with E-state index in [1.807, 2.05) is 0 Å². The molecule has 0 spiro atoms. The quantitative estimate of drug-likeness (QED) is 0.246. The SMILES string of the molecule is CNC(=O)c1cccc(-c2ncc(NC(=O)C(C)NC)c(=O)n2Cc2cc(N3CCc4cc(F)ccc43)cc(C(F)(F)F)c2)c1. The van der Waals surface area contributed by atoms with E-state index in [2.05, 4.69) is 20.9 Å². The van der Waals surface area contributed by atoms with Crippen molar-refractivity contribution in [2.24, 2.45) is 0 Å². The van der Waals surface area contributed by atoms with Gasteiger partial charge in [0, 0.05) is 36.1 Å². The van der Waals surface area contributed by atoms with Crippen LogP contribution in [0.2, 0.25) is 0 Å². The van der Waals surface area contributed by atoms with Crippen LogP contribution in [-0.2, 0) is 23.9 Å². The lowest BCUT2D eigenvalue weighted by Crippen LogP contribution is -2.38. The molecule has 1 aromatic heterocycles. The second-order valence-electron chi connectivity index (χ2n) is 10.6. The van der Waals surface area contributed by atoms with E-state index in [9.17, 15) is 31.9 Å². The number of likely N-dealkylation sites (N-methyl/N-ethyl adjacent to an activating group) is 1. The number of carbonyl (C=O) groups excluding carboxylic acids is 2. The van der Waals surface area contributed by atoms with Gasteiger partial charge in [-0.15, -0.1) is 0 Å². The fourth-order valence-electron chi connectivity index (χ4n) is 5.18. The zero-order chi connectivity index (χ0) is 32.5. The largest absolute Gasteiger partial charge is 0.416 e. The van der Waals surface area contributed by atoms with Crippen LogP contribution in [0.25, 0.3) is 11.4 Å². The maximum Gasteiger partial charge on any atom is 0.416 e. The maximum absolute atomic E-state index is 14.2. The molecular weight excluding hydrogens is 592 g/mol. The zero-order valence-corrected chi connectivity index (χ0v) is 24.6. The first-order valence-electron chi connectivity index (χ1n) is 14.1. The van der Waals surface area contributed by atoms with Crippen LogP contribution in [-0.4, -0.2) is 48.0 Å². The molecule has 0 bridgehead atoms. The van der Waals surface area contributed by atoms with E-state index in [1.54, 1.807) is 43.1 Å². The Morgan fingerprint density at radius 1 is 1.04 bits per heavy atom. The molecule has 1 unspecified atom stereocenters. The van der Waals surface area contributed by atoms with Crippen molar-refractivity contribution < 1.29 is 27.2 Å². The van der Waals surface area contributed by atoms with Crippen molar-refractivity contribution in [1.82, 2.24) is 20.2 Å². The molecule has 4 aromatic rings. The number of nitrogens with zero attached hydrogens (tertiary/aromatic N) is 3. The smallest absolute Gasteiger partial charge is 0.355 e. The van der Waals surface area contributed by atoms with Gasteiger partial charge in [-0.25, -0.2) is 9.37 Å². The van der Waals surface area contributed by atoms with Gasteiger partial charge in [0.2, 0.25) is 5.91 Å². The van der Waals surface area contributed by atoms with Crippen LogP contribution in [0.4, 0.5) is 34.6 Å². The fraction of sp³-hybridized carbons (Fsp3) is 0.250. The number of nitrogens with one attached hydrogen (secondary N) is 3. The molecule has 9 nitrogen and oxygen atoms in total. The van der Waals surface area contributed by atoms with Crippen molar-refractivity contribution in [2.75, 3.05) is 30.9 Å². The van der Waals surface area contributed by atoms with Gasteiger partial charge in [0.1, 0.15) is 17.3 Å². The Bertz CT molecular complexity index is 1840. The summed E-state index contributed by atoms with van der Waals surface area (Å²) in [6, 6.07) is 13.3. The fourth-order valence-corrected chi connectivity index (χ4v) is 5.18. The van der Waals surface area contributed by atoms with Crippen LogP contribution in [0.5, 0.6) is 0 Å². The summed E-state index contributed by atoms with van der Waals surface area (Å²) in [7, 11) is 3.04. The zero-order valence-electron chi connectivity index (χ0n) is 24.6. The highest BCUT2D eigenvalue weighted by molar-refractivity contribution is 5.95. The number of benzene rings is 3. The Balaban J connectivity index is 1.65. The van der Waals surface area contributed by atoms with E-state index in [4.69, 9.17) is 0 Å². The number of anilines is 3. The molecule has 0 saturated heterocycles. The van der Waals surface area contributed by atoms with Gasteiger partial charge >= 0.3 is 6.18 Å². The van der Waals surface area contributed by atoms with Crippen LogP contribution in [0.1, 0.15) is 34.0 Å². The highest BCUT2D eigenvalue weighted by Gasteiger charge is 2.33. The Labute approximate surface area is 255 Å². The minimum Gasteiger partial charge on any atom is -0.355 e. The van der Waals surface area contributed by atoms with Gasteiger partial charge < -0.3 is 20.9 Å². The van der Waals surface area contributed by atoms with Gasteiger partial charge in [0.15, 0.2) is 0 Å². The van der Waals surface area contributed by atoms with E-state index < -0.39 is 35.1 Å².